The molecule has 0 saturated carbocycles. The van der Waals surface area contributed by atoms with Gasteiger partial charge >= 0.3 is 0 Å². The van der Waals surface area contributed by atoms with Gasteiger partial charge in [-0.1, -0.05) is 35.9 Å². The summed E-state index contributed by atoms with van der Waals surface area (Å²) in [4.78, 5) is 12.2. The number of hydrogen-bond acceptors (Lipinski definition) is 2. The summed E-state index contributed by atoms with van der Waals surface area (Å²) in [6.45, 7) is 0.636. The highest BCUT2D eigenvalue weighted by Crippen LogP contribution is 2.21. The van der Waals surface area contributed by atoms with Crippen molar-refractivity contribution in [3.05, 3.63) is 64.4 Å². The van der Waals surface area contributed by atoms with Crippen molar-refractivity contribution in [2.45, 2.75) is 19.0 Å². The van der Waals surface area contributed by atoms with Crippen LogP contribution in [0, 0.1) is 5.82 Å². The molecule has 0 aromatic heterocycles. The molecule has 1 amide bonds. The van der Waals surface area contributed by atoms with E-state index in [0.717, 1.165) is 5.56 Å². The van der Waals surface area contributed by atoms with Gasteiger partial charge in [-0.25, -0.2) is 4.39 Å². The summed E-state index contributed by atoms with van der Waals surface area (Å²) < 4.78 is 13.7. The molecule has 0 aliphatic carbocycles. The molecular formula is C16H14ClFN2O. The van der Waals surface area contributed by atoms with Crippen LogP contribution in [0.5, 0.6) is 0 Å². The zero-order chi connectivity index (χ0) is 14.8. The van der Waals surface area contributed by atoms with Gasteiger partial charge in [0.05, 0.1) is 11.7 Å². The lowest BCUT2D eigenvalue weighted by Gasteiger charge is -2.25. The van der Waals surface area contributed by atoms with E-state index in [0.29, 0.717) is 18.0 Å². The van der Waals surface area contributed by atoms with Crippen LogP contribution in [0.2, 0.25) is 5.02 Å². The minimum atomic E-state index is -0.535. The molecule has 0 fully saturated rings. The molecule has 21 heavy (non-hydrogen) atoms. The van der Waals surface area contributed by atoms with E-state index in [-0.39, 0.29) is 17.6 Å². The summed E-state index contributed by atoms with van der Waals surface area (Å²) in [6, 6.07) is 11.8. The average molecular weight is 305 g/mol. The Morgan fingerprint density at radius 1 is 1.24 bits per heavy atom. The number of carbonyl (C=O) groups excluding carboxylic acids is 1. The molecular weight excluding hydrogens is 291 g/mol. The molecule has 0 saturated heterocycles. The van der Waals surface area contributed by atoms with Crippen LogP contribution in [0.1, 0.15) is 11.1 Å². The maximum absolute atomic E-state index is 13.7. The van der Waals surface area contributed by atoms with Crippen LogP contribution in [0.15, 0.2) is 42.5 Å². The van der Waals surface area contributed by atoms with Gasteiger partial charge in [-0.2, -0.15) is 0 Å². The highest BCUT2D eigenvalue weighted by Gasteiger charge is 2.24. The summed E-state index contributed by atoms with van der Waals surface area (Å²) >= 11 is 5.69. The first kappa shape index (κ1) is 14.0. The third kappa shape index (κ3) is 3.06. The zero-order valence-corrected chi connectivity index (χ0v) is 12.0. The summed E-state index contributed by atoms with van der Waals surface area (Å²) in [5.74, 6) is -0.780. The van der Waals surface area contributed by atoms with Crippen molar-refractivity contribution in [2.75, 3.05) is 5.32 Å². The second kappa shape index (κ2) is 5.84. The number of anilines is 1. The lowest BCUT2D eigenvalue weighted by atomic mass is 9.95. The van der Waals surface area contributed by atoms with Crippen molar-refractivity contribution < 1.29 is 9.18 Å². The fourth-order valence-corrected chi connectivity index (χ4v) is 2.61. The van der Waals surface area contributed by atoms with Gasteiger partial charge in [-0.05, 0) is 35.7 Å². The van der Waals surface area contributed by atoms with Crippen LogP contribution < -0.4 is 10.6 Å². The Bertz CT molecular complexity index is 690. The third-order valence-electron chi connectivity index (χ3n) is 3.59. The summed E-state index contributed by atoms with van der Waals surface area (Å²) in [5.41, 5.74) is 2.48. The standard InChI is InChI=1S/C16H14ClFN2O/c17-12-5-6-14(13(18)8-12)20-16(21)15-7-10-3-1-2-4-11(10)9-19-15/h1-6,8,15,19H,7,9H2,(H,20,21)/t15-/m0/s1. The van der Waals surface area contributed by atoms with E-state index in [1.807, 2.05) is 24.3 Å². The molecule has 2 N–H and O–H groups in total. The van der Waals surface area contributed by atoms with Gasteiger partial charge in [0.2, 0.25) is 5.91 Å². The van der Waals surface area contributed by atoms with Crippen molar-refractivity contribution in [3.8, 4) is 0 Å². The van der Waals surface area contributed by atoms with E-state index in [1.165, 1.54) is 17.7 Å². The molecule has 2 aromatic carbocycles. The van der Waals surface area contributed by atoms with E-state index in [4.69, 9.17) is 11.6 Å². The van der Waals surface area contributed by atoms with Gasteiger partial charge in [-0.3, -0.25) is 4.79 Å². The summed E-state index contributed by atoms with van der Waals surface area (Å²) in [5, 5.41) is 6.07. The highest BCUT2D eigenvalue weighted by atomic mass is 35.5. The molecule has 1 aliphatic rings. The lowest BCUT2D eigenvalue weighted by molar-refractivity contribution is -0.118. The summed E-state index contributed by atoms with van der Waals surface area (Å²) in [6.07, 6.45) is 0.594. The molecule has 0 bridgehead atoms. The van der Waals surface area contributed by atoms with E-state index < -0.39 is 5.82 Å². The topological polar surface area (TPSA) is 41.1 Å². The van der Waals surface area contributed by atoms with Gasteiger partial charge in [0.15, 0.2) is 0 Å². The average Bonchev–Trinajstić information content (AvgIpc) is 2.49. The van der Waals surface area contributed by atoms with E-state index in [1.54, 1.807) is 6.07 Å². The first-order valence-electron chi connectivity index (χ1n) is 6.69. The molecule has 2 aromatic rings. The molecule has 0 unspecified atom stereocenters. The molecule has 1 aliphatic heterocycles. The monoisotopic (exact) mass is 304 g/mol. The van der Waals surface area contributed by atoms with Crippen LogP contribution in [0.25, 0.3) is 0 Å². The number of amides is 1. The molecule has 3 nitrogen and oxygen atoms in total. The summed E-state index contributed by atoms with van der Waals surface area (Å²) in [7, 11) is 0. The number of rotatable bonds is 2. The van der Waals surface area contributed by atoms with E-state index in [9.17, 15) is 9.18 Å². The number of nitrogens with one attached hydrogen (secondary N) is 2. The molecule has 108 valence electrons. The molecule has 1 atom stereocenters. The van der Waals surface area contributed by atoms with Gasteiger partial charge in [-0.15, -0.1) is 0 Å². The van der Waals surface area contributed by atoms with E-state index in [2.05, 4.69) is 10.6 Å². The fraction of sp³-hybridized carbons (Fsp3) is 0.188. The van der Waals surface area contributed by atoms with Crippen LogP contribution >= 0.6 is 11.6 Å². The smallest absolute Gasteiger partial charge is 0.241 e. The molecule has 3 rings (SSSR count). The normalized spacial score (nSPS) is 17.1. The second-order valence-corrected chi connectivity index (χ2v) is 5.46. The Morgan fingerprint density at radius 3 is 2.76 bits per heavy atom. The Kier molecular flexibility index (Phi) is 3.90. The number of halogens is 2. The molecule has 1 heterocycles. The zero-order valence-electron chi connectivity index (χ0n) is 11.2. The third-order valence-corrected chi connectivity index (χ3v) is 3.82. The maximum Gasteiger partial charge on any atom is 0.241 e. The first-order valence-corrected chi connectivity index (χ1v) is 7.07. The molecule has 0 spiro atoms. The number of hydrogen-bond donors (Lipinski definition) is 2. The fourth-order valence-electron chi connectivity index (χ4n) is 2.45. The van der Waals surface area contributed by atoms with Crippen molar-refractivity contribution in [3.63, 3.8) is 0 Å². The van der Waals surface area contributed by atoms with Crippen molar-refractivity contribution in [1.82, 2.24) is 5.32 Å². The predicted molar refractivity (Wildman–Crippen MR) is 80.8 cm³/mol. The molecule has 0 radical (unpaired) electrons. The van der Waals surface area contributed by atoms with Gasteiger partial charge in [0.25, 0.3) is 0 Å². The van der Waals surface area contributed by atoms with Crippen molar-refractivity contribution in [2.24, 2.45) is 0 Å². The highest BCUT2D eigenvalue weighted by molar-refractivity contribution is 6.30. The number of benzene rings is 2. The maximum atomic E-state index is 13.7. The van der Waals surface area contributed by atoms with Crippen LogP contribution in [-0.4, -0.2) is 11.9 Å². The van der Waals surface area contributed by atoms with Gasteiger partial charge in [0, 0.05) is 11.6 Å². The number of carbonyl (C=O) groups is 1. The van der Waals surface area contributed by atoms with Crippen LogP contribution in [-0.2, 0) is 17.8 Å². The number of fused-ring (bicyclic) bond motifs is 1. The van der Waals surface area contributed by atoms with Crippen molar-refractivity contribution in [1.29, 1.82) is 0 Å². The predicted octanol–water partition coefficient (Wildman–Crippen LogP) is 3.13. The van der Waals surface area contributed by atoms with E-state index >= 15 is 0 Å². The lowest BCUT2D eigenvalue weighted by Crippen LogP contribution is -2.44. The second-order valence-electron chi connectivity index (χ2n) is 5.02. The largest absolute Gasteiger partial charge is 0.322 e. The van der Waals surface area contributed by atoms with Crippen LogP contribution in [0.3, 0.4) is 0 Å². The van der Waals surface area contributed by atoms with Gasteiger partial charge in [0.1, 0.15) is 5.82 Å². The Hall–Kier alpha value is -1.91. The minimum absolute atomic E-state index is 0.144. The Balaban J connectivity index is 1.72. The SMILES string of the molecule is O=C(Nc1ccc(Cl)cc1F)[C@@H]1Cc2ccccc2CN1. The first-order chi connectivity index (χ1) is 10.1. The van der Waals surface area contributed by atoms with Crippen molar-refractivity contribution >= 4 is 23.2 Å². The Morgan fingerprint density at radius 2 is 2.00 bits per heavy atom. The minimum Gasteiger partial charge on any atom is -0.322 e. The van der Waals surface area contributed by atoms with Crippen LogP contribution in [0.4, 0.5) is 10.1 Å². The van der Waals surface area contributed by atoms with Gasteiger partial charge < -0.3 is 10.6 Å². The Labute approximate surface area is 127 Å². The quantitative estimate of drug-likeness (QED) is 0.895. The molecule has 5 heteroatoms.